The molecular weight excluding hydrogens is 406 g/mol. The van der Waals surface area contributed by atoms with Crippen LogP contribution in [0.1, 0.15) is 40.0 Å². The molecule has 1 saturated carbocycles. The van der Waals surface area contributed by atoms with E-state index >= 15 is 0 Å². The van der Waals surface area contributed by atoms with E-state index in [1.54, 1.807) is 11.8 Å². The highest BCUT2D eigenvalue weighted by atomic mass is 32.2. The maximum absolute atomic E-state index is 13.8. The molecule has 164 valence electrons. The number of carbonyl (C=O) groups is 2. The number of rotatable bonds is 3. The Balaban J connectivity index is 1.51. The van der Waals surface area contributed by atoms with Crippen LogP contribution in [-0.2, 0) is 9.59 Å². The molecule has 2 saturated heterocycles. The summed E-state index contributed by atoms with van der Waals surface area (Å²) in [7, 11) is 0. The van der Waals surface area contributed by atoms with Crippen LogP contribution in [0.3, 0.4) is 0 Å². The van der Waals surface area contributed by atoms with E-state index in [1.807, 2.05) is 35.3 Å². The number of aliphatic imine (C=N–C) groups is 1. The molecule has 0 radical (unpaired) electrons. The quantitative estimate of drug-likeness (QED) is 0.499. The van der Waals surface area contributed by atoms with Crippen molar-refractivity contribution in [1.82, 2.24) is 10.0 Å². The highest BCUT2D eigenvalue weighted by molar-refractivity contribution is 8.13. The molecule has 0 spiro atoms. The fraction of sp³-hybridized carbons (Fsp3) is 0.560. The number of carbonyl (C=O) groups excluding carboxylic acids is 2. The van der Waals surface area contributed by atoms with Gasteiger partial charge >= 0.3 is 0 Å². The number of para-hydroxylation sites is 1. The van der Waals surface area contributed by atoms with Crippen molar-refractivity contribution in [3.8, 4) is 0 Å². The van der Waals surface area contributed by atoms with Gasteiger partial charge in [-0.25, -0.2) is 4.99 Å². The molecule has 5 nitrogen and oxygen atoms in total. The van der Waals surface area contributed by atoms with Gasteiger partial charge in [0.25, 0.3) is 11.8 Å². The molecule has 2 aliphatic heterocycles. The molecule has 0 aromatic heterocycles. The summed E-state index contributed by atoms with van der Waals surface area (Å²) >= 11 is 1.65. The molecule has 2 heterocycles. The van der Waals surface area contributed by atoms with Crippen molar-refractivity contribution < 1.29 is 9.59 Å². The lowest BCUT2D eigenvalue weighted by Crippen LogP contribution is -2.49. The first-order valence-electron chi connectivity index (χ1n) is 11.6. The number of fused-ring (bicyclic) bond motifs is 1. The number of hydrogen-bond donors (Lipinski definition) is 0. The predicted molar refractivity (Wildman–Crippen MR) is 124 cm³/mol. The topological polar surface area (TPSA) is 53.0 Å². The van der Waals surface area contributed by atoms with Gasteiger partial charge in [-0.1, -0.05) is 55.5 Å². The summed E-state index contributed by atoms with van der Waals surface area (Å²) in [6.07, 6.45) is 5.34. The van der Waals surface area contributed by atoms with Crippen molar-refractivity contribution in [2.24, 2.45) is 40.5 Å². The van der Waals surface area contributed by atoms with E-state index in [-0.39, 0.29) is 35.5 Å². The lowest BCUT2D eigenvalue weighted by atomic mass is 9.54. The zero-order valence-corrected chi connectivity index (χ0v) is 19.3. The van der Waals surface area contributed by atoms with Gasteiger partial charge in [0.05, 0.1) is 17.5 Å². The van der Waals surface area contributed by atoms with Gasteiger partial charge in [0, 0.05) is 12.3 Å². The normalized spacial score (nSPS) is 34.4. The fourth-order valence-electron chi connectivity index (χ4n) is 6.05. The number of hydrazine groups is 1. The Labute approximate surface area is 188 Å². The number of allylic oxidation sites excluding steroid dienone is 2. The van der Waals surface area contributed by atoms with Gasteiger partial charge in [0.15, 0.2) is 5.17 Å². The molecule has 5 aliphatic rings. The number of imide groups is 1. The third kappa shape index (κ3) is 3.43. The van der Waals surface area contributed by atoms with Crippen LogP contribution in [0.4, 0.5) is 5.69 Å². The molecule has 0 unspecified atom stereocenters. The van der Waals surface area contributed by atoms with Crippen LogP contribution in [-0.4, -0.2) is 39.3 Å². The lowest BCUT2D eigenvalue weighted by Gasteiger charge is -2.48. The van der Waals surface area contributed by atoms with Crippen molar-refractivity contribution in [2.75, 3.05) is 12.3 Å². The number of amidine groups is 1. The summed E-state index contributed by atoms with van der Waals surface area (Å²) < 4.78 is 0. The van der Waals surface area contributed by atoms with Crippen LogP contribution in [0.5, 0.6) is 0 Å². The Morgan fingerprint density at radius 3 is 2.55 bits per heavy atom. The Bertz CT molecular complexity index is 941. The maximum Gasteiger partial charge on any atom is 0.252 e. The smallest absolute Gasteiger partial charge is 0.252 e. The molecule has 0 N–H and O–H groups in total. The number of thioether (sulfide) groups is 1. The summed E-state index contributed by atoms with van der Waals surface area (Å²) in [6.45, 7) is 7.30. The summed E-state index contributed by atoms with van der Waals surface area (Å²) in [5, 5.41) is 4.15. The van der Waals surface area contributed by atoms with Crippen molar-refractivity contribution in [3.63, 3.8) is 0 Å². The second-order valence-electron chi connectivity index (χ2n) is 9.69. The molecule has 2 bridgehead atoms. The minimum atomic E-state index is -0.214. The first kappa shape index (κ1) is 20.8. The fourth-order valence-corrected chi connectivity index (χ4v) is 7.07. The van der Waals surface area contributed by atoms with Gasteiger partial charge in [-0.3, -0.25) is 14.6 Å². The number of amides is 2. The Morgan fingerprint density at radius 2 is 1.81 bits per heavy atom. The SMILES string of the molecule is CC1=C[C@@H]2[C@@H]3C(=O)N(N4CCCCSC4=Nc4ccccc4)C(=O)[C@@H]3[C@H]1C[C@@H]2C(C)C. The van der Waals surface area contributed by atoms with Gasteiger partial charge in [-0.15, -0.1) is 0 Å². The first-order chi connectivity index (χ1) is 15.0. The van der Waals surface area contributed by atoms with E-state index in [0.717, 1.165) is 35.9 Å². The van der Waals surface area contributed by atoms with Gasteiger partial charge in [-0.2, -0.15) is 5.01 Å². The molecule has 6 rings (SSSR count). The predicted octanol–water partition coefficient (Wildman–Crippen LogP) is 4.89. The largest absolute Gasteiger partial charge is 0.272 e. The van der Waals surface area contributed by atoms with Crippen LogP contribution in [0.15, 0.2) is 47.0 Å². The Morgan fingerprint density at radius 1 is 1.06 bits per heavy atom. The van der Waals surface area contributed by atoms with E-state index in [0.29, 0.717) is 18.4 Å². The molecular formula is C25H31N3O2S. The summed E-state index contributed by atoms with van der Waals surface area (Å²) in [6, 6.07) is 9.82. The number of benzene rings is 1. The molecule has 1 aromatic carbocycles. The third-order valence-electron chi connectivity index (χ3n) is 7.58. The molecule has 5 atom stereocenters. The monoisotopic (exact) mass is 437 g/mol. The van der Waals surface area contributed by atoms with Crippen molar-refractivity contribution in [2.45, 2.75) is 40.0 Å². The number of nitrogens with zero attached hydrogens (tertiary/aromatic N) is 3. The van der Waals surface area contributed by atoms with E-state index < -0.39 is 0 Å². The third-order valence-corrected chi connectivity index (χ3v) is 8.63. The van der Waals surface area contributed by atoms with Crippen molar-refractivity contribution >= 4 is 34.4 Å². The highest BCUT2D eigenvalue weighted by Crippen LogP contribution is 2.56. The Hall–Kier alpha value is -2.08. The van der Waals surface area contributed by atoms with E-state index in [2.05, 4.69) is 26.8 Å². The van der Waals surface area contributed by atoms with Crippen LogP contribution >= 0.6 is 11.8 Å². The van der Waals surface area contributed by atoms with Gasteiger partial charge < -0.3 is 0 Å². The lowest BCUT2D eigenvalue weighted by molar-refractivity contribution is -0.152. The van der Waals surface area contributed by atoms with E-state index in [1.165, 1.54) is 10.6 Å². The second-order valence-corrected chi connectivity index (χ2v) is 10.7. The van der Waals surface area contributed by atoms with E-state index in [9.17, 15) is 9.59 Å². The van der Waals surface area contributed by atoms with Crippen LogP contribution in [0.25, 0.3) is 0 Å². The van der Waals surface area contributed by atoms with Crippen LogP contribution in [0.2, 0.25) is 0 Å². The molecule has 6 heteroatoms. The standard InChI is InChI=1S/C25H31N3O2S/c1-15(2)18-14-19-16(3)13-20(18)22-21(19)23(29)28(24(22)30)27-11-7-8-12-31-25(27)26-17-9-5-4-6-10-17/h4-6,9-10,13,15,18-22H,7-8,11-12,14H2,1-3H3/t18-,19+,20+,21-,22+/m1/s1. The van der Waals surface area contributed by atoms with Gasteiger partial charge in [-0.05, 0) is 62.0 Å². The molecule has 3 fully saturated rings. The second kappa shape index (κ2) is 8.12. The average Bonchev–Trinajstić information content (AvgIpc) is 2.90. The summed E-state index contributed by atoms with van der Waals surface area (Å²) in [5.41, 5.74) is 2.15. The van der Waals surface area contributed by atoms with Gasteiger partial charge in [0.1, 0.15) is 0 Å². The van der Waals surface area contributed by atoms with Crippen LogP contribution in [0, 0.1) is 35.5 Å². The van der Waals surface area contributed by atoms with Crippen molar-refractivity contribution in [1.29, 1.82) is 0 Å². The van der Waals surface area contributed by atoms with Gasteiger partial charge in [0.2, 0.25) is 0 Å². The highest BCUT2D eigenvalue weighted by Gasteiger charge is 2.62. The minimum absolute atomic E-state index is 0.0112. The number of hydrogen-bond acceptors (Lipinski definition) is 4. The van der Waals surface area contributed by atoms with Crippen LogP contribution < -0.4 is 0 Å². The molecule has 31 heavy (non-hydrogen) atoms. The van der Waals surface area contributed by atoms with E-state index in [4.69, 9.17) is 4.99 Å². The maximum atomic E-state index is 13.8. The van der Waals surface area contributed by atoms with Crippen molar-refractivity contribution in [3.05, 3.63) is 42.0 Å². The molecule has 1 aromatic rings. The molecule has 3 aliphatic carbocycles. The zero-order valence-electron chi connectivity index (χ0n) is 18.5. The Kier molecular flexibility index (Phi) is 5.45. The summed E-state index contributed by atoms with van der Waals surface area (Å²) in [4.78, 5) is 32.4. The molecule has 2 amide bonds. The summed E-state index contributed by atoms with van der Waals surface area (Å²) in [5.74, 6) is 1.86. The minimum Gasteiger partial charge on any atom is -0.272 e. The zero-order chi connectivity index (χ0) is 21.7. The average molecular weight is 438 g/mol. The first-order valence-corrected chi connectivity index (χ1v) is 12.6.